The van der Waals surface area contributed by atoms with E-state index >= 15 is 0 Å². The molecule has 10 heteroatoms. The minimum atomic E-state index is -1.80. The summed E-state index contributed by atoms with van der Waals surface area (Å²) in [5.41, 5.74) is -0.569. The molecule has 0 unspecified atom stereocenters. The van der Waals surface area contributed by atoms with Crippen molar-refractivity contribution in [2.75, 3.05) is 0 Å². The van der Waals surface area contributed by atoms with Gasteiger partial charge in [-0.2, -0.15) is 0 Å². The highest BCUT2D eigenvalue weighted by molar-refractivity contribution is 6.75. The predicted molar refractivity (Wildman–Crippen MR) is 233 cm³/mol. The van der Waals surface area contributed by atoms with Crippen LogP contribution >= 0.6 is 0 Å². The Morgan fingerprint density at radius 2 is 0.788 bits per heavy atom. The van der Waals surface area contributed by atoms with E-state index in [2.05, 4.69) is 148 Å². The van der Waals surface area contributed by atoms with Gasteiger partial charge < -0.3 is 22.5 Å². The van der Waals surface area contributed by atoms with Gasteiger partial charge in [0.2, 0.25) is 8.32 Å². The molecule has 3 rings (SSSR count). The predicted octanol–water partition coefficient (Wildman–Crippen LogP) is 13.1. The Bertz CT molecular complexity index is 1300. The fourth-order valence-electron chi connectivity index (χ4n) is 4.23. The van der Waals surface area contributed by atoms with Gasteiger partial charge in [-0.05, 0) is 130 Å². The third-order valence-corrected chi connectivity index (χ3v) is 30.6. The summed E-state index contributed by atoms with van der Waals surface area (Å²) in [6.45, 7) is 50.7. The molecule has 0 bridgehead atoms. The van der Waals surface area contributed by atoms with Crippen LogP contribution < -0.4 is 0 Å². The minimum absolute atomic E-state index is 0.0667. The van der Waals surface area contributed by atoms with Crippen LogP contribution in [0.25, 0.3) is 0 Å². The first-order valence-electron chi connectivity index (χ1n) is 19.7. The number of allylic oxidation sites excluding steroid dienone is 2. The largest absolute Gasteiger partial charge is 0.544 e. The second kappa shape index (κ2) is 16.3. The Morgan fingerprint density at radius 3 is 1.02 bits per heavy atom. The zero-order valence-corrected chi connectivity index (χ0v) is 41.8. The van der Waals surface area contributed by atoms with Crippen LogP contribution in [0.5, 0.6) is 0 Å². The Hall–Kier alpha value is -0.892. The Morgan fingerprint density at radius 1 is 0.519 bits per heavy atom. The quantitative estimate of drug-likeness (QED) is 0.0608. The van der Waals surface area contributed by atoms with E-state index < -0.39 is 33.3 Å². The first-order valence-corrected chi connectivity index (χ1v) is 31.3. The van der Waals surface area contributed by atoms with Gasteiger partial charge in [0.25, 0.3) is 0 Å². The lowest BCUT2D eigenvalue weighted by atomic mass is 10.2. The molecule has 3 aliphatic carbocycles. The maximum Gasteiger partial charge on any atom is 0.250 e. The molecule has 0 radical (unpaired) electrons. The summed E-state index contributed by atoms with van der Waals surface area (Å²) in [6, 6.07) is 0. The molecule has 0 aromatic heterocycles. The van der Waals surface area contributed by atoms with E-state index in [0.29, 0.717) is 0 Å². The van der Waals surface area contributed by atoms with E-state index in [1.807, 2.05) is 12.2 Å². The van der Waals surface area contributed by atoms with Crippen LogP contribution in [-0.4, -0.2) is 62.1 Å². The summed E-state index contributed by atoms with van der Waals surface area (Å²) in [6.07, 6.45) is 15.0. The van der Waals surface area contributed by atoms with Crippen molar-refractivity contribution in [3.63, 3.8) is 0 Å². The SMILES string of the molecule is C=C(/C=C/C1(O[Si](C)(C)C(C)(C)C)CC1)O[Si](C)(C)C(C)(C)C.CC(=O)/C=C/C1(O[Si](C)(C)C(C)(C)C)CC1.CC(C)(C)[Si](C)(C)OC1(C=O)CC1. The van der Waals surface area contributed by atoms with E-state index in [1.54, 1.807) is 13.0 Å². The average molecular weight is 795 g/mol. The molecular formula is C42H82O6Si4. The van der Waals surface area contributed by atoms with Gasteiger partial charge in [0, 0.05) is 0 Å². The van der Waals surface area contributed by atoms with Crippen molar-refractivity contribution in [1.29, 1.82) is 0 Å². The summed E-state index contributed by atoms with van der Waals surface area (Å²) in [4.78, 5) is 21.7. The standard InChI is InChI=1S/C19H38O2Si2.C13H24O2Si.C10H20O2Si/c1-16(20-22(8,9)17(2,3)4)12-13-19(14-15-19)21-23(10,11)18(5,6)7;1-11(14)7-8-13(9-10-13)15-16(5,6)12(2,3)4;1-9(2,3)13(4,5)12-10(8-11)6-7-10/h12-13H,1,14-15H2,2-11H3;7-8H,9-10H2,1-6H3;8H,6-7H2,1-5H3/b13-12+;8-7+;. The zero-order valence-electron chi connectivity index (χ0n) is 37.8. The number of rotatable bonds is 13. The summed E-state index contributed by atoms with van der Waals surface area (Å²) in [5.74, 6) is 0.881. The fourth-order valence-corrected chi connectivity index (χ4v) is 10.0. The van der Waals surface area contributed by atoms with E-state index in [9.17, 15) is 9.59 Å². The maximum atomic E-state index is 10.9. The van der Waals surface area contributed by atoms with Crippen LogP contribution in [0.15, 0.2) is 36.6 Å². The van der Waals surface area contributed by atoms with Crippen molar-refractivity contribution >= 4 is 45.3 Å². The normalized spacial score (nSPS) is 19.9. The Labute approximate surface area is 325 Å². The second-order valence-electron chi connectivity index (χ2n) is 22.0. The number of hydrogen-bond acceptors (Lipinski definition) is 6. The summed E-state index contributed by atoms with van der Waals surface area (Å²) in [5, 5.41) is 0.863. The van der Waals surface area contributed by atoms with Gasteiger partial charge in [0.15, 0.2) is 37.0 Å². The van der Waals surface area contributed by atoms with Gasteiger partial charge in [0.1, 0.15) is 5.60 Å². The van der Waals surface area contributed by atoms with E-state index in [-0.39, 0.29) is 42.7 Å². The first-order chi connectivity index (χ1) is 22.8. The van der Waals surface area contributed by atoms with Gasteiger partial charge in [-0.25, -0.2) is 0 Å². The number of carbonyl (C=O) groups is 2. The molecule has 52 heavy (non-hydrogen) atoms. The van der Waals surface area contributed by atoms with Crippen molar-refractivity contribution < 1.29 is 27.3 Å². The first kappa shape index (κ1) is 49.1. The van der Waals surface area contributed by atoms with Crippen molar-refractivity contribution in [2.45, 2.75) is 218 Å². The van der Waals surface area contributed by atoms with Crippen LogP contribution in [0.3, 0.4) is 0 Å². The van der Waals surface area contributed by atoms with Crippen LogP contribution in [0.4, 0.5) is 0 Å². The minimum Gasteiger partial charge on any atom is -0.544 e. The van der Waals surface area contributed by atoms with Crippen LogP contribution in [0, 0.1) is 0 Å². The molecule has 0 amide bonds. The molecule has 0 saturated heterocycles. The van der Waals surface area contributed by atoms with Gasteiger partial charge in [-0.3, -0.25) is 4.79 Å². The van der Waals surface area contributed by atoms with Gasteiger partial charge in [-0.1, -0.05) is 102 Å². The number of hydrogen-bond donors (Lipinski definition) is 0. The monoisotopic (exact) mass is 795 g/mol. The lowest BCUT2D eigenvalue weighted by molar-refractivity contribution is -0.115. The Kier molecular flexibility index (Phi) is 15.4. The van der Waals surface area contributed by atoms with Crippen LogP contribution in [-0.2, 0) is 27.3 Å². The molecule has 0 aliphatic heterocycles. The molecule has 0 N–H and O–H groups in total. The summed E-state index contributed by atoms with van der Waals surface area (Å²) in [7, 11) is -6.99. The molecule has 3 saturated carbocycles. The third kappa shape index (κ3) is 14.6. The molecule has 0 atom stereocenters. The van der Waals surface area contributed by atoms with Crippen molar-refractivity contribution in [1.82, 2.24) is 0 Å². The highest BCUT2D eigenvalue weighted by Gasteiger charge is 2.52. The lowest BCUT2D eigenvalue weighted by Crippen LogP contribution is -2.45. The maximum absolute atomic E-state index is 10.9. The molecule has 3 fully saturated rings. The zero-order chi connectivity index (χ0) is 41.3. The molecule has 0 heterocycles. The molecule has 0 aromatic rings. The summed E-state index contributed by atoms with van der Waals surface area (Å²) < 4.78 is 25.2. The highest BCUT2D eigenvalue weighted by atomic mass is 28.4. The third-order valence-electron chi connectivity index (χ3n) is 12.6. The van der Waals surface area contributed by atoms with E-state index in [0.717, 1.165) is 50.6 Å². The number of aldehydes is 1. The number of ketones is 1. The van der Waals surface area contributed by atoms with Gasteiger partial charge in [0.05, 0.1) is 17.0 Å². The molecule has 3 aliphatic rings. The molecule has 0 spiro atoms. The van der Waals surface area contributed by atoms with E-state index in [4.69, 9.17) is 17.7 Å². The van der Waals surface area contributed by atoms with Crippen molar-refractivity contribution in [3.05, 3.63) is 36.6 Å². The molecule has 302 valence electrons. The lowest BCUT2D eigenvalue weighted by Gasteiger charge is -2.39. The topological polar surface area (TPSA) is 71.1 Å². The van der Waals surface area contributed by atoms with Crippen molar-refractivity contribution in [3.8, 4) is 0 Å². The van der Waals surface area contributed by atoms with Crippen LogP contribution in [0.1, 0.15) is 129 Å². The smallest absolute Gasteiger partial charge is 0.250 e. The van der Waals surface area contributed by atoms with Crippen molar-refractivity contribution in [2.24, 2.45) is 0 Å². The second-order valence-corrected chi connectivity index (χ2v) is 40.9. The molecule has 0 aromatic carbocycles. The van der Waals surface area contributed by atoms with Gasteiger partial charge >= 0.3 is 0 Å². The van der Waals surface area contributed by atoms with E-state index in [1.165, 1.54) is 0 Å². The Balaban J connectivity index is 0.000000408. The number of carbonyl (C=O) groups excluding carboxylic acids is 2. The average Bonchev–Trinajstić information content (AvgIpc) is 3.82. The molecular weight excluding hydrogens is 713 g/mol. The highest BCUT2D eigenvalue weighted by Crippen LogP contribution is 2.50. The van der Waals surface area contributed by atoms with Gasteiger partial charge in [-0.15, -0.1) is 0 Å². The summed E-state index contributed by atoms with van der Waals surface area (Å²) >= 11 is 0. The van der Waals surface area contributed by atoms with Crippen LogP contribution in [0.2, 0.25) is 72.5 Å². The fraction of sp³-hybridized carbons (Fsp3) is 0.810. The molecule has 6 nitrogen and oxygen atoms in total.